The number of nitrogens with one attached hydrogen (secondary N) is 1. The van der Waals surface area contributed by atoms with Crippen LogP contribution in [0.2, 0.25) is 0 Å². The molecule has 8 N–H and O–H groups in total. The molecule has 1 saturated heterocycles. The van der Waals surface area contributed by atoms with Crippen LogP contribution in [-0.2, 0) is 14.4 Å². The first-order chi connectivity index (χ1) is 9.70. The number of primary amides is 2. The number of aliphatic hydroxyl groups excluding tert-OH is 2. The van der Waals surface area contributed by atoms with E-state index in [2.05, 4.69) is 5.32 Å². The van der Waals surface area contributed by atoms with E-state index in [1.54, 1.807) is 0 Å². The molecule has 1 aliphatic heterocycles. The number of amides is 2. The third kappa shape index (κ3) is 18.3. The van der Waals surface area contributed by atoms with Crippen LogP contribution in [0.3, 0.4) is 0 Å². The summed E-state index contributed by atoms with van der Waals surface area (Å²) in [5.74, 6) is -1.71. The first-order valence-corrected chi connectivity index (χ1v) is 6.52. The van der Waals surface area contributed by atoms with E-state index in [1.165, 1.54) is 6.92 Å². The van der Waals surface area contributed by atoms with Crippen LogP contribution in [0.15, 0.2) is 0 Å². The molecule has 21 heavy (non-hydrogen) atoms. The maximum Gasteiger partial charge on any atom is 0.320 e. The maximum atomic E-state index is 10.1. The molecular formula is C12H25N3O6. The van der Waals surface area contributed by atoms with Crippen LogP contribution in [0.4, 0.5) is 0 Å². The van der Waals surface area contributed by atoms with Crippen molar-refractivity contribution in [1.29, 1.82) is 0 Å². The Hall–Kier alpha value is -1.71. The molecule has 2 atom stereocenters. The first-order valence-electron chi connectivity index (χ1n) is 6.52. The highest BCUT2D eigenvalue weighted by molar-refractivity contribution is 5.81. The van der Waals surface area contributed by atoms with Gasteiger partial charge in [-0.25, -0.2) is 0 Å². The van der Waals surface area contributed by atoms with E-state index in [0.29, 0.717) is 0 Å². The van der Waals surface area contributed by atoms with E-state index in [-0.39, 0.29) is 25.5 Å². The van der Waals surface area contributed by atoms with E-state index < -0.39 is 23.9 Å². The summed E-state index contributed by atoms with van der Waals surface area (Å²) in [5.41, 5.74) is 9.39. The number of aliphatic hydroxyl groups is 2. The molecule has 9 nitrogen and oxygen atoms in total. The van der Waals surface area contributed by atoms with Crippen molar-refractivity contribution < 1.29 is 29.7 Å². The van der Waals surface area contributed by atoms with Crippen LogP contribution in [0.25, 0.3) is 0 Å². The molecule has 1 fully saturated rings. The van der Waals surface area contributed by atoms with Gasteiger partial charge in [0.05, 0.1) is 12.7 Å². The zero-order valence-electron chi connectivity index (χ0n) is 12.1. The van der Waals surface area contributed by atoms with Gasteiger partial charge in [0.1, 0.15) is 6.04 Å². The molecule has 0 spiro atoms. The summed E-state index contributed by atoms with van der Waals surface area (Å²) in [6, 6.07) is -0.269. The van der Waals surface area contributed by atoms with Crippen molar-refractivity contribution in [3.05, 3.63) is 0 Å². The molecule has 2 amide bonds. The third-order valence-electron chi connectivity index (χ3n) is 2.24. The number of carboxylic acids is 1. The van der Waals surface area contributed by atoms with Crippen LogP contribution < -0.4 is 16.8 Å². The molecule has 1 heterocycles. The number of rotatable bonds is 5. The molecule has 124 valence electrons. The lowest BCUT2D eigenvalue weighted by atomic mass is 10.2. The molecule has 0 bridgehead atoms. The van der Waals surface area contributed by atoms with Crippen LogP contribution in [0, 0.1) is 0 Å². The van der Waals surface area contributed by atoms with Gasteiger partial charge in [0.15, 0.2) is 0 Å². The Labute approximate surface area is 123 Å². The second-order valence-corrected chi connectivity index (χ2v) is 4.45. The Morgan fingerprint density at radius 3 is 1.81 bits per heavy atom. The summed E-state index contributed by atoms with van der Waals surface area (Å²) in [4.78, 5) is 30.0. The van der Waals surface area contributed by atoms with Crippen LogP contribution in [0.1, 0.15) is 32.6 Å². The topological polar surface area (TPSA) is 176 Å². The van der Waals surface area contributed by atoms with E-state index in [9.17, 15) is 14.4 Å². The van der Waals surface area contributed by atoms with Gasteiger partial charge in [0.2, 0.25) is 11.8 Å². The van der Waals surface area contributed by atoms with Gasteiger partial charge in [0.25, 0.3) is 0 Å². The normalized spacial score (nSPS) is 17.6. The van der Waals surface area contributed by atoms with Gasteiger partial charge in [-0.05, 0) is 26.3 Å². The number of aliphatic carboxylic acids is 1. The molecule has 1 rings (SSSR count). The van der Waals surface area contributed by atoms with Gasteiger partial charge in [-0.15, -0.1) is 0 Å². The highest BCUT2D eigenvalue weighted by atomic mass is 16.4. The van der Waals surface area contributed by atoms with Crippen molar-refractivity contribution in [2.24, 2.45) is 11.5 Å². The van der Waals surface area contributed by atoms with Gasteiger partial charge < -0.3 is 32.1 Å². The highest BCUT2D eigenvalue weighted by Crippen LogP contribution is 2.03. The molecule has 0 aromatic carbocycles. The smallest absolute Gasteiger partial charge is 0.320 e. The standard InChI is InChI=1S/C5H9NO2.C4H8N2O2.C3H8O2/c7-5(8)4-2-1-3-6-4;5-3(7)1-2-4(6)8;1-3(5)2-4/h4,6H,1-3H2,(H,7,8);1-2H2,(H2,5,7)(H2,6,8);3-5H,2H2,1H3/t4-;;/m0../s1. The summed E-state index contributed by atoms with van der Waals surface area (Å²) in [6.45, 7) is 2.25. The number of carbonyl (C=O) groups is 3. The van der Waals surface area contributed by atoms with Crippen molar-refractivity contribution in [3.63, 3.8) is 0 Å². The fraction of sp³-hybridized carbons (Fsp3) is 0.750. The Kier molecular flexibility index (Phi) is 13.7. The lowest BCUT2D eigenvalue weighted by Gasteiger charge is -1.99. The fourth-order valence-corrected chi connectivity index (χ4v) is 1.14. The predicted octanol–water partition coefficient (Wildman–Crippen LogP) is -2.08. The Bertz CT molecular complexity index is 302. The van der Waals surface area contributed by atoms with E-state index in [0.717, 1.165) is 19.4 Å². The van der Waals surface area contributed by atoms with Gasteiger partial charge in [-0.3, -0.25) is 14.4 Å². The average Bonchev–Trinajstić information content (AvgIpc) is 2.92. The first kappa shape index (κ1) is 21.6. The Morgan fingerprint density at radius 2 is 1.67 bits per heavy atom. The zero-order chi connectivity index (χ0) is 16.8. The van der Waals surface area contributed by atoms with Gasteiger partial charge in [0, 0.05) is 12.8 Å². The Morgan fingerprint density at radius 1 is 1.24 bits per heavy atom. The number of nitrogens with two attached hydrogens (primary N) is 2. The second-order valence-electron chi connectivity index (χ2n) is 4.45. The van der Waals surface area contributed by atoms with Crippen LogP contribution >= 0.6 is 0 Å². The average molecular weight is 307 g/mol. The SMILES string of the molecule is CC(O)CO.NC(=O)CCC(N)=O.O=C(O)[C@@H]1CCCN1. The molecule has 0 aliphatic carbocycles. The largest absolute Gasteiger partial charge is 0.480 e. The van der Waals surface area contributed by atoms with E-state index in [4.69, 9.17) is 26.8 Å². The lowest BCUT2D eigenvalue weighted by Crippen LogP contribution is -2.29. The molecule has 0 aromatic heterocycles. The third-order valence-corrected chi connectivity index (χ3v) is 2.24. The number of hydrogen-bond donors (Lipinski definition) is 6. The molecule has 1 aliphatic rings. The summed E-state index contributed by atoms with van der Waals surface area (Å²) >= 11 is 0. The van der Waals surface area contributed by atoms with Gasteiger partial charge in [-0.1, -0.05) is 0 Å². The minimum Gasteiger partial charge on any atom is -0.480 e. The summed E-state index contributed by atoms with van der Waals surface area (Å²) in [6.07, 6.45) is 1.33. The minimum absolute atomic E-state index is 0.0509. The number of carbonyl (C=O) groups excluding carboxylic acids is 2. The predicted molar refractivity (Wildman–Crippen MR) is 75.0 cm³/mol. The number of carboxylic acid groups (broad SMARTS) is 1. The van der Waals surface area contributed by atoms with Crippen molar-refractivity contribution in [2.45, 2.75) is 44.8 Å². The molecule has 1 unspecified atom stereocenters. The lowest BCUT2D eigenvalue weighted by molar-refractivity contribution is -0.139. The molecular weight excluding hydrogens is 282 g/mol. The van der Waals surface area contributed by atoms with Crippen LogP contribution in [-0.4, -0.2) is 58.4 Å². The monoisotopic (exact) mass is 307 g/mol. The second kappa shape index (κ2) is 13.3. The quantitative estimate of drug-likeness (QED) is 0.337. The maximum absolute atomic E-state index is 10.1. The van der Waals surface area contributed by atoms with E-state index in [1.807, 2.05) is 0 Å². The van der Waals surface area contributed by atoms with Gasteiger partial charge in [-0.2, -0.15) is 0 Å². The zero-order valence-corrected chi connectivity index (χ0v) is 12.1. The van der Waals surface area contributed by atoms with Gasteiger partial charge >= 0.3 is 5.97 Å². The van der Waals surface area contributed by atoms with Crippen molar-refractivity contribution in [3.8, 4) is 0 Å². The minimum atomic E-state index is -0.720. The van der Waals surface area contributed by atoms with Crippen molar-refractivity contribution in [1.82, 2.24) is 5.32 Å². The molecule has 0 aromatic rings. The van der Waals surface area contributed by atoms with Crippen molar-refractivity contribution in [2.75, 3.05) is 13.2 Å². The summed E-state index contributed by atoms with van der Waals surface area (Å²) in [7, 11) is 0. The highest BCUT2D eigenvalue weighted by Gasteiger charge is 2.20. The molecule has 9 heteroatoms. The van der Waals surface area contributed by atoms with E-state index >= 15 is 0 Å². The molecule has 0 radical (unpaired) electrons. The van der Waals surface area contributed by atoms with Crippen LogP contribution in [0.5, 0.6) is 0 Å². The summed E-state index contributed by atoms with van der Waals surface area (Å²) < 4.78 is 0. The fourth-order valence-electron chi connectivity index (χ4n) is 1.14. The summed E-state index contributed by atoms with van der Waals surface area (Å²) in [5, 5.41) is 27.2. The number of hydrogen-bond acceptors (Lipinski definition) is 6. The van der Waals surface area contributed by atoms with Crippen molar-refractivity contribution >= 4 is 17.8 Å². The molecule has 0 saturated carbocycles. The Balaban J connectivity index is 0.